The van der Waals surface area contributed by atoms with Gasteiger partial charge in [-0.25, -0.2) is 4.79 Å². The van der Waals surface area contributed by atoms with Crippen molar-refractivity contribution >= 4 is 21.9 Å². The molecule has 24 heavy (non-hydrogen) atoms. The van der Waals surface area contributed by atoms with Crippen LogP contribution >= 0.6 is 15.9 Å². The van der Waals surface area contributed by atoms with Crippen molar-refractivity contribution in [3.63, 3.8) is 0 Å². The lowest BCUT2D eigenvalue weighted by atomic mass is 9.48. The first kappa shape index (κ1) is 16.6. The van der Waals surface area contributed by atoms with Gasteiger partial charge in [-0.15, -0.1) is 0 Å². The Hall–Kier alpha value is -0.830. The van der Waals surface area contributed by atoms with Crippen molar-refractivity contribution in [2.24, 2.45) is 23.2 Å². The van der Waals surface area contributed by atoms with Gasteiger partial charge in [0, 0.05) is 4.47 Å². The average Bonchev–Trinajstić information content (AvgIpc) is 2.54. The summed E-state index contributed by atoms with van der Waals surface area (Å²) in [4.78, 5) is 11.6. The minimum atomic E-state index is -0.268. The van der Waals surface area contributed by atoms with E-state index < -0.39 is 0 Å². The maximum Gasteiger partial charge on any atom is 0.337 e. The number of methoxy groups -OCH3 is 1. The molecule has 0 N–H and O–H groups in total. The molecule has 4 aliphatic carbocycles. The Bertz CT molecular complexity index is 601. The van der Waals surface area contributed by atoms with E-state index in [-0.39, 0.29) is 5.97 Å². The van der Waals surface area contributed by atoms with E-state index in [1.165, 1.54) is 64.0 Å². The van der Waals surface area contributed by atoms with Crippen LogP contribution in [0.1, 0.15) is 67.3 Å². The Labute approximate surface area is 153 Å². The summed E-state index contributed by atoms with van der Waals surface area (Å²) in [7, 11) is 1.43. The van der Waals surface area contributed by atoms with E-state index in [1.807, 2.05) is 12.1 Å². The quantitative estimate of drug-likeness (QED) is 0.595. The van der Waals surface area contributed by atoms with Crippen LogP contribution < -0.4 is 0 Å². The van der Waals surface area contributed by atoms with E-state index >= 15 is 0 Å². The van der Waals surface area contributed by atoms with Crippen molar-refractivity contribution in [2.45, 2.75) is 57.8 Å². The summed E-state index contributed by atoms with van der Waals surface area (Å²) in [5.74, 6) is 2.86. The molecule has 4 aliphatic rings. The second kappa shape index (κ2) is 6.48. The molecule has 0 heterocycles. The number of carbonyl (C=O) groups excluding carboxylic acids is 1. The summed E-state index contributed by atoms with van der Waals surface area (Å²) in [5, 5.41) is 0. The van der Waals surface area contributed by atoms with Crippen LogP contribution in [0.4, 0.5) is 0 Å². The van der Waals surface area contributed by atoms with Crippen LogP contribution in [0, 0.1) is 23.2 Å². The maximum atomic E-state index is 11.6. The number of ether oxygens (including phenoxy) is 1. The molecule has 0 atom stereocenters. The molecule has 2 nitrogen and oxygen atoms in total. The molecule has 4 bridgehead atoms. The zero-order valence-corrected chi connectivity index (χ0v) is 16.1. The molecule has 0 saturated heterocycles. The van der Waals surface area contributed by atoms with Gasteiger partial charge in [-0.05, 0) is 98.7 Å². The monoisotopic (exact) mass is 390 g/mol. The topological polar surface area (TPSA) is 26.3 Å². The average molecular weight is 391 g/mol. The summed E-state index contributed by atoms with van der Waals surface area (Å²) in [5.41, 5.74) is 2.61. The molecule has 0 spiro atoms. The molecule has 1 aromatic carbocycles. The molecule has 0 aromatic heterocycles. The molecule has 1 aromatic rings. The smallest absolute Gasteiger partial charge is 0.337 e. The molecule has 4 saturated carbocycles. The number of halogens is 1. The van der Waals surface area contributed by atoms with Crippen LogP contribution in [-0.4, -0.2) is 13.1 Å². The summed E-state index contributed by atoms with van der Waals surface area (Å²) in [6.07, 6.45) is 12.8. The molecular formula is C21H27BrO2. The van der Waals surface area contributed by atoms with Gasteiger partial charge in [0.15, 0.2) is 0 Å². The third-order valence-electron chi connectivity index (χ3n) is 6.79. The van der Waals surface area contributed by atoms with Crippen LogP contribution in [0.25, 0.3) is 0 Å². The van der Waals surface area contributed by atoms with Crippen LogP contribution in [0.2, 0.25) is 0 Å². The van der Waals surface area contributed by atoms with Crippen molar-refractivity contribution in [3.05, 3.63) is 33.8 Å². The molecule has 0 unspecified atom stereocenters. The first-order valence-electron chi connectivity index (χ1n) is 9.44. The lowest BCUT2D eigenvalue weighted by molar-refractivity contribution is -0.0580. The Balaban J connectivity index is 1.37. The molecule has 0 aliphatic heterocycles. The van der Waals surface area contributed by atoms with E-state index in [4.69, 9.17) is 4.74 Å². The fraction of sp³-hybridized carbons (Fsp3) is 0.667. The van der Waals surface area contributed by atoms with Gasteiger partial charge in [-0.2, -0.15) is 0 Å². The number of esters is 1. The Kier molecular flexibility index (Phi) is 4.49. The highest BCUT2D eigenvalue weighted by Crippen LogP contribution is 2.61. The maximum absolute atomic E-state index is 11.6. The van der Waals surface area contributed by atoms with Crippen molar-refractivity contribution in [3.8, 4) is 0 Å². The van der Waals surface area contributed by atoms with Crippen LogP contribution in [0.5, 0.6) is 0 Å². The van der Waals surface area contributed by atoms with Gasteiger partial charge in [0.1, 0.15) is 0 Å². The fourth-order valence-electron chi connectivity index (χ4n) is 6.24. The zero-order valence-electron chi connectivity index (χ0n) is 14.5. The first-order valence-corrected chi connectivity index (χ1v) is 10.2. The second-order valence-electron chi connectivity index (χ2n) is 8.57. The lowest BCUT2D eigenvalue weighted by Gasteiger charge is -2.57. The molecule has 5 rings (SSSR count). The minimum Gasteiger partial charge on any atom is -0.465 e. The van der Waals surface area contributed by atoms with Gasteiger partial charge >= 0.3 is 5.97 Å². The van der Waals surface area contributed by atoms with Gasteiger partial charge < -0.3 is 4.74 Å². The number of rotatable bonds is 5. The highest BCUT2D eigenvalue weighted by molar-refractivity contribution is 9.10. The summed E-state index contributed by atoms with van der Waals surface area (Å²) >= 11 is 3.63. The number of hydrogen-bond donors (Lipinski definition) is 0. The van der Waals surface area contributed by atoms with Crippen molar-refractivity contribution in [1.29, 1.82) is 0 Å². The van der Waals surface area contributed by atoms with E-state index in [1.54, 1.807) is 0 Å². The van der Waals surface area contributed by atoms with Gasteiger partial charge in [0.05, 0.1) is 12.7 Å². The van der Waals surface area contributed by atoms with Gasteiger partial charge in [0.2, 0.25) is 0 Å². The van der Waals surface area contributed by atoms with Crippen LogP contribution in [-0.2, 0) is 11.2 Å². The van der Waals surface area contributed by atoms with E-state index in [2.05, 4.69) is 22.0 Å². The predicted octanol–water partition coefficient (Wildman–Crippen LogP) is 5.77. The summed E-state index contributed by atoms with van der Waals surface area (Å²) in [6, 6.07) is 5.86. The SMILES string of the molecule is COC(=O)c1ccc(CCCC23CC4CC(CC(C4)C2)C3)c(Br)c1. The summed E-state index contributed by atoms with van der Waals surface area (Å²) in [6.45, 7) is 0. The molecule has 0 amide bonds. The van der Waals surface area contributed by atoms with Crippen molar-refractivity contribution in [2.75, 3.05) is 7.11 Å². The number of aryl methyl sites for hydroxylation is 1. The Morgan fingerprint density at radius 2 is 1.79 bits per heavy atom. The fourth-order valence-corrected chi connectivity index (χ4v) is 6.82. The number of carbonyl (C=O) groups is 1. The molecule has 0 radical (unpaired) electrons. The molecule has 130 valence electrons. The standard InChI is InChI=1S/C21H27BrO2/c1-24-20(23)18-5-4-17(19(22)10-18)3-2-6-21-11-14-7-15(12-21)9-16(8-14)13-21/h4-5,10,14-16H,2-3,6-9,11-13H2,1H3. The number of benzene rings is 1. The Morgan fingerprint density at radius 3 is 2.33 bits per heavy atom. The summed E-state index contributed by atoms with van der Waals surface area (Å²) < 4.78 is 5.83. The Morgan fingerprint density at radius 1 is 1.17 bits per heavy atom. The highest BCUT2D eigenvalue weighted by atomic mass is 79.9. The largest absolute Gasteiger partial charge is 0.465 e. The molecular weight excluding hydrogens is 364 g/mol. The normalized spacial score (nSPS) is 33.7. The van der Waals surface area contributed by atoms with E-state index in [0.29, 0.717) is 11.0 Å². The van der Waals surface area contributed by atoms with E-state index in [0.717, 1.165) is 28.6 Å². The first-order chi connectivity index (χ1) is 11.6. The van der Waals surface area contributed by atoms with E-state index in [9.17, 15) is 4.79 Å². The van der Waals surface area contributed by atoms with Gasteiger partial charge in [0.25, 0.3) is 0 Å². The van der Waals surface area contributed by atoms with Gasteiger partial charge in [-0.1, -0.05) is 22.0 Å². The lowest BCUT2D eigenvalue weighted by Crippen LogP contribution is -2.45. The van der Waals surface area contributed by atoms with Gasteiger partial charge in [-0.3, -0.25) is 0 Å². The minimum absolute atomic E-state index is 0.268. The second-order valence-corrected chi connectivity index (χ2v) is 9.42. The zero-order chi connectivity index (χ0) is 16.7. The number of hydrogen-bond acceptors (Lipinski definition) is 2. The van der Waals surface area contributed by atoms with Crippen molar-refractivity contribution < 1.29 is 9.53 Å². The third kappa shape index (κ3) is 3.16. The predicted molar refractivity (Wildman–Crippen MR) is 99.0 cm³/mol. The molecule has 4 fully saturated rings. The van der Waals surface area contributed by atoms with Crippen LogP contribution in [0.3, 0.4) is 0 Å². The van der Waals surface area contributed by atoms with Crippen LogP contribution in [0.15, 0.2) is 22.7 Å². The third-order valence-corrected chi connectivity index (χ3v) is 7.53. The molecule has 3 heteroatoms. The highest BCUT2D eigenvalue weighted by Gasteiger charge is 2.50. The van der Waals surface area contributed by atoms with Crippen molar-refractivity contribution in [1.82, 2.24) is 0 Å².